The van der Waals surface area contributed by atoms with Crippen molar-refractivity contribution in [3.8, 4) is 11.5 Å². The van der Waals surface area contributed by atoms with Crippen LogP contribution in [0.25, 0.3) is 6.08 Å². The molecule has 1 aliphatic heterocycles. The van der Waals surface area contributed by atoms with Crippen molar-refractivity contribution in [3.05, 3.63) is 90.6 Å². The molecule has 0 atom stereocenters. The van der Waals surface area contributed by atoms with Gasteiger partial charge in [-0.1, -0.05) is 30.3 Å². The van der Waals surface area contributed by atoms with E-state index >= 15 is 0 Å². The lowest BCUT2D eigenvalue weighted by Gasteiger charge is -2.14. The molecular weight excluding hydrogens is 678 g/mol. The van der Waals surface area contributed by atoms with E-state index in [0.29, 0.717) is 36.4 Å². The molecule has 4 rings (SSSR count). The van der Waals surface area contributed by atoms with Crippen LogP contribution in [0.3, 0.4) is 0 Å². The van der Waals surface area contributed by atoms with Crippen molar-refractivity contribution in [1.29, 1.82) is 0 Å². The summed E-state index contributed by atoms with van der Waals surface area (Å²) in [6.07, 6.45) is 1.56. The lowest BCUT2D eigenvalue weighted by Crippen LogP contribution is -2.36. The Morgan fingerprint density at radius 1 is 1.16 bits per heavy atom. The molecule has 0 saturated carbocycles. The summed E-state index contributed by atoms with van der Waals surface area (Å²) >= 11 is 6.16. The molecule has 1 heterocycles. The van der Waals surface area contributed by atoms with Gasteiger partial charge in [0.15, 0.2) is 11.5 Å². The van der Waals surface area contributed by atoms with Crippen LogP contribution in [0.1, 0.15) is 11.1 Å². The zero-order valence-corrected chi connectivity index (χ0v) is 23.9. The minimum Gasteiger partial charge on any atom is -0.493 e. The van der Waals surface area contributed by atoms with Crippen molar-refractivity contribution in [2.24, 2.45) is 0 Å². The smallest absolute Gasteiger partial charge is 0.294 e. The van der Waals surface area contributed by atoms with Gasteiger partial charge in [-0.25, -0.2) is 4.39 Å². The summed E-state index contributed by atoms with van der Waals surface area (Å²) in [5.41, 5.74) is 1.54. The Morgan fingerprint density at radius 3 is 2.62 bits per heavy atom. The van der Waals surface area contributed by atoms with E-state index in [1.165, 1.54) is 13.2 Å². The van der Waals surface area contributed by atoms with Crippen LogP contribution < -0.4 is 14.8 Å². The molecule has 0 spiro atoms. The maximum absolute atomic E-state index is 14.0. The molecule has 3 aromatic rings. The Hall–Kier alpha value is -2.90. The number of carbonyl (C=O) groups is 3. The van der Waals surface area contributed by atoms with Gasteiger partial charge >= 0.3 is 0 Å². The summed E-state index contributed by atoms with van der Waals surface area (Å²) < 4.78 is 26.6. The predicted molar refractivity (Wildman–Crippen MR) is 152 cm³/mol. The maximum atomic E-state index is 14.0. The minimum atomic E-state index is -0.564. The number of nitrogens with zero attached hydrogens (tertiary/aromatic N) is 1. The lowest BCUT2D eigenvalue weighted by molar-refractivity contribution is -0.127. The average molecular weight is 697 g/mol. The highest BCUT2D eigenvalue weighted by atomic mass is 127. The number of carbonyl (C=O) groups excluding carboxylic acids is 3. The Bertz CT molecular complexity index is 1420. The second-order valence-electron chi connectivity index (χ2n) is 7.71. The second-order valence-corrected chi connectivity index (χ2v) is 10.7. The zero-order valence-electron chi connectivity index (χ0n) is 19.3. The molecule has 1 N–H and O–H groups in total. The summed E-state index contributed by atoms with van der Waals surface area (Å²) in [6.45, 7) is -0.397. The Kier molecular flexibility index (Phi) is 8.87. The number of thioether (sulfide) groups is 1. The van der Waals surface area contributed by atoms with Crippen LogP contribution in [0, 0.1) is 9.39 Å². The summed E-state index contributed by atoms with van der Waals surface area (Å²) in [4.78, 5) is 38.9. The molecule has 0 unspecified atom stereocenters. The van der Waals surface area contributed by atoms with Crippen LogP contribution in [-0.2, 0) is 16.2 Å². The molecule has 3 aromatic carbocycles. The number of halogens is 3. The molecule has 11 heteroatoms. The Balaban J connectivity index is 1.48. The molecule has 190 valence electrons. The van der Waals surface area contributed by atoms with Gasteiger partial charge in [0.1, 0.15) is 19.0 Å². The number of para-hydroxylation sites is 1. The van der Waals surface area contributed by atoms with E-state index in [4.69, 9.17) is 9.47 Å². The number of rotatable bonds is 8. The predicted octanol–water partition coefficient (Wildman–Crippen LogP) is 6.46. The van der Waals surface area contributed by atoms with Crippen LogP contribution in [-0.4, -0.2) is 35.6 Å². The number of anilines is 1. The zero-order chi connectivity index (χ0) is 26.5. The first-order valence-electron chi connectivity index (χ1n) is 10.8. The first-order valence-corrected chi connectivity index (χ1v) is 13.5. The molecule has 1 saturated heterocycles. The molecule has 0 radical (unpaired) electrons. The highest BCUT2D eigenvalue weighted by Gasteiger charge is 2.36. The summed E-state index contributed by atoms with van der Waals surface area (Å²) in [6, 6.07) is 16.8. The van der Waals surface area contributed by atoms with E-state index < -0.39 is 23.6 Å². The van der Waals surface area contributed by atoms with Crippen molar-refractivity contribution in [2.75, 3.05) is 19.0 Å². The highest BCUT2D eigenvalue weighted by molar-refractivity contribution is 14.1. The fourth-order valence-corrected chi connectivity index (χ4v) is 5.42. The van der Waals surface area contributed by atoms with Gasteiger partial charge in [0.2, 0.25) is 5.91 Å². The lowest BCUT2D eigenvalue weighted by atomic mass is 10.1. The van der Waals surface area contributed by atoms with Crippen molar-refractivity contribution >= 4 is 79.1 Å². The number of amides is 3. The fraction of sp³-hybridized carbons (Fsp3) is 0.115. The number of ether oxygens (including phenoxy) is 2. The first kappa shape index (κ1) is 27.1. The van der Waals surface area contributed by atoms with Crippen molar-refractivity contribution in [2.45, 2.75) is 6.61 Å². The van der Waals surface area contributed by atoms with Gasteiger partial charge in [0.05, 0.1) is 21.3 Å². The van der Waals surface area contributed by atoms with Gasteiger partial charge in [0.25, 0.3) is 11.1 Å². The first-order chi connectivity index (χ1) is 17.8. The fourth-order valence-electron chi connectivity index (χ4n) is 3.41. The second kappa shape index (κ2) is 12.1. The minimum absolute atomic E-state index is 0.0128. The third-order valence-electron chi connectivity index (χ3n) is 5.20. The van der Waals surface area contributed by atoms with Crippen molar-refractivity contribution < 1.29 is 28.2 Å². The monoisotopic (exact) mass is 696 g/mol. The largest absolute Gasteiger partial charge is 0.493 e. The van der Waals surface area contributed by atoms with Gasteiger partial charge in [0, 0.05) is 10.0 Å². The molecule has 0 aromatic heterocycles. The van der Waals surface area contributed by atoms with Gasteiger partial charge in [-0.15, -0.1) is 0 Å². The van der Waals surface area contributed by atoms with E-state index in [1.54, 1.807) is 60.7 Å². The number of imide groups is 1. The van der Waals surface area contributed by atoms with Crippen LogP contribution in [0.2, 0.25) is 0 Å². The van der Waals surface area contributed by atoms with Gasteiger partial charge in [-0.05, 0) is 92.3 Å². The number of hydrogen-bond acceptors (Lipinski definition) is 6. The normalized spacial score (nSPS) is 14.3. The third-order valence-corrected chi connectivity index (χ3v) is 7.60. The summed E-state index contributed by atoms with van der Waals surface area (Å²) in [5, 5.41) is 2.15. The highest BCUT2D eigenvalue weighted by Crippen LogP contribution is 2.37. The maximum Gasteiger partial charge on any atom is 0.294 e. The summed E-state index contributed by atoms with van der Waals surface area (Å²) in [5.74, 6) is -0.607. The average Bonchev–Trinajstić information content (AvgIpc) is 3.12. The number of hydrogen-bond donors (Lipinski definition) is 1. The van der Waals surface area contributed by atoms with Crippen LogP contribution in [0.15, 0.2) is 70.0 Å². The Labute approximate surface area is 238 Å². The SMILES string of the molecule is COc1cc(/C=C2/SC(=O)N(CC(=O)Nc3ccccc3Br)C2=O)cc(I)c1OCc1ccccc1F. The van der Waals surface area contributed by atoms with Gasteiger partial charge in [-0.2, -0.15) is 0 Å². The number of methoxy groups -OCH3 is 1. The number of nitrogens with one attached hydrogen (secondary N) is 1. The molecule has 37 heavy (non-hydrogen) atoms. The van der Waals surface area contributed by atoms with Crippen LogP contribution in [0.4, 0.5) is 14.9 Å². The van der Waals surface area contributed by atoms with Crippen LogP contribution in [0.5, 0.6) is 11.5 Å². The molecular formula is C26H19BrFIN2O5S. The topological polar surface area (TPSA) is 84.9 Å². The van der Waals surface area contributed by atoms with E-state index in [2.05, 4.69) is 43.8 Å². The molecule has 0 aliphatic carbocycles. The molecule has 1 aliphatic rings. The van der Waals surface area contributed by atoms with E-state index in [9.17, 15) is 18.8 Å². The van der Waals surface area contributed by atoms with Crippen LogP contribution >= 0.6 is 50.3 Å². The van der Waals surface area contributed by atoms with Crippen molar-refractivity contribution in [1.82, 2.24) is 4.90 Å². The molecule has 7 nitrogen and oxygen atoms in total. The molecule has 0 bridgehead atoms. The summed E-state index contributed by atoms with van der Waals surface area (Å²) in [7, 11) is 1.47. The third kappa shape index (κ3) is 6.51. The number of benzene rings is 3. The van der Waals surface area contributed by atoms with E-state index in [0.717, 1.165) is 16.7 Å². The van der Waals surface area contributed by atoms with Crippen molar-refractivity contribution in [3.63, 3.8) is 0 Å². The quantitative estimate of drug-likeness (QED) is 0.215. The molecule has 1 fully saturated rings. The standard InChI is InChI=1S/C26H19BrFIN2O5S/c1-35-21-11-15(10-19(29)24(21)36-14-16-6-2-4-8-18(16)28)12-22-25(33)31(26(34)37-22)13-23(32)30-20-9-5-3-7-17(20)27/h2-12H,13-14H2,1H3,(H,30,32)/b22-12+. The van der Waals surface area contributed by atoms with Gasteiger partial charge in [-0.3, -0.25) is 19.3 Å². The van der Waals surface area contributed by atoms with Gasteiger partial charge < -0.3 is 14.8 Å². The molecule has 3 amide bonds. The van der Waals surface area contributed by atoms with E-state index in [1.807, 2.05) is 0 Å². The van der Waals surface area contributed by atoms with E-state index in [-0.39, 0.29) is 17.3 Å². The Morgan fingerprint density at radius 2 is 1.89 bits per heavy atom.